The maximum Gasteiger partial charge on any atom is 0.491 e. The van der Waals surface area contributed by atoms with Crippen molar-refractivity contribution in [3.05, 3.63) is 109 Å². The fraction of sp³-hybridized carbons (Fsp3) is 0.364. The summed E-state index contributed by atoms with van der Waals surface area (Å²) in [6.45, 7) is 0.321. The van der Waals surface area contributed by atoms with Gasteiger partial charge in [-0.2, -0.15) is 0 Å². The van der Waals surface area contributed by atoms with Crippen LogP contribution in [-0.4, -0.2) is 144 Å². The van der Waals surface area contributed by atoms with Crippen LogP contribution in [0.3, 0.4) is 0 Å². The van der Waals surface area contributed by atoms with Gasteiger partial charge in [-0.25, -0.2) is 77.0 Å². The highest BCUT2D eigenvalue weighted by Gasteiger charge is 2.36. The first-order chi connectivity index (χ1) is 37.0. The summed E-state index contributed by atoms with van der Waals surface area (Å²) in [5, 5.41) is 22.9. The third kappa shape index (κ3) is 12.5. The van der Waals surface area contributed by atoms with Crippen LogP contribution < -0.4 is 48.4 Å². The third-order valence-electron chi connectivity index (χ3n) is 12.3. The van der Waals surface area contributed by atoms with Crippen molar-refractivity contribution in [1.29, 1.82) is 0 Å². The van der Waals surface area contributed by atoms with Crippen molar-refractivity contribution in [2.45, 2.75) is 50.6 Å². The Labute approximate surface area is 440 Å². The van der Waals surface area contributed by atoms with Crippen molar-refractivity contribution in [3.8, 4) is 11.4 Å². The van der Waals surface area contributed by atoms with E-state index in [1.54, 1.807) is 9.80 Å². The Morgan fingerprint density at radius 1 is 0.603 bits per heavy atom. The number of hydrogen-bond acceptors (Lipinski definition) is 20. The molecule has 0 bridgehead atoms. The quantitative estimate of drug-likeness (QED) is 0.0759. The van der Waals surface area contributed by atoms with E-state index in [0.29, 0.717) is 17.5 Å². The second kappa shape index (κ2) is 22.8. The number of piperidine rings is 2. The van der Waals surface area contributed by atoms with E-state index in [9.17, 15) is 46.3 Å². The number of anilines is 4. The molecule has 408 valence electrons. The molecule has 8 aromatic heterocycles. The molecule has 10 rings (SSSR count). The second-order valence-corrected chi connectivity index (χ2v) is 18.1. The van der Waals surface area contributed by atoms with E-state index in [-0.39, 0.29) is 115 Å². The summed E-state index contributed by atoms with van der Waals surface area (Å²) in [4.78, 5) is 118. The lowest BCUT2D eigenvalue weighted by molar-refractivity contribution is -0.117. The zero-order valence-electron chi connectivity index (χ0n) is 41.7. The third-order valence-corrected chi connectivity index (χ3v) is 12.5. The Hall–Kier alpha value is -8.85. The molecule has 78 heavy (non-hydrogen) atoms. The van der Waals surface area contributed by atoms with Crippen molar-refractivity contribution in [1.82, 2.24) is 77.2 Å². The molecule has 0 atom stereocenters. The van der Waals surface area contributed by atoms with Gasteiger partial charge in [-0.3, -0.25) is 37.4 Å². The lowest BCUT2D eigenvalue weighted by Gasteiger charge is -2.31. The number of aromatic nitrogens is 16. The molecule has 8 aromatic rings. The molecule has 10 heterocycles. The Kier molecular flexibility index (Phi) is 16.2. The Morgan fingerprint density at radius 2 is 1.01 bits per heavy atom. The number of halogens is 5. The fourth-order valence-electron chi connectivity index (χ4n) is 7.98. The molecule has 2 amide bonds. The largest absolute Gasteiger partial charge is 0.491 e. The lowest BCUT2D eigenvalue weighted by Crippen LogP contribution is -2.40. The van der Waals surface area contributed by atoms with Crippen LogP contribution in [0, 0.1) is 0 Å². The zero-order chi connectivity index (χ0) is 56.2. The van der Waals surface area contributed by atoms with Gasteiger partial charge in [0.15, 0.2) is 28.2 Å². The Balaban J connectivity index is 0.000000168. The lowest BCUT2D eigenvalue weighted by atomic mass is 9.83. The SMILES string of the molecule is Cn1c(=O)c2c(ncn2CC(=O)Nc2ccnc(-c3cnc(N4CCC(F)(F)CC4)nc3)n2)n(C)c1=O.Cn1c(=O)c2c(ncn2CC(=O)Nc2ccnc(Cl)n2)n(C)c1=O.OB(O)c1cnc(N2CCC(F)(F)CC2)nc1. The standard InChI is InChI=1S/C22H22F2N10O3.C13H12ClN7O3.C9H12BF2N3O2/c1-31-18-16(19(36)32(2)21(31)37)34(12-28-18)11-15(35)29-14-3-6-25-17(30-14)13-9-26-20(27-10-13)33-7-4-22(23,24)5-8-33;1-19-10-9(11(23)20(2)13(19)24)21(6-16-10)5-8(22)17-7-3-4-15-12(14)18-7;11-9(12)1-3-15(4-2-9)8-13-5-7(6-14-8)10(16)17/h3,6,9-10,12H,4-5,7-8,11H2,1-2H3,(H,25,29,30,35);3-4,6H,5H2,1-2H3,(H,15,17,18,22);5-6,16-17H,1-4H2. The van der Waals surface area contributed by atoms with Crippen LogP contribution in [0.25, 0.3) is 33.7 Å². The molecule has 0 radical (unpaired) electrons. The molecule has 0 aliphatic carbocycles. The summed E-state index contributed by atoms with van der Waals surface area (Å²) in [5.41, 5.74) is -0.768. The molecule has 2 saturated heterocycles. The monoisotopic (exact) mass is 1100 g/mol. The zero-order valence-corrected chi connectivity index (χ0v) is 42.5. The van der Waals surface area contributed by atoms with Crippen LogP contribution >= 0.6 is 11.6 Å². The summed E-state index contributed by atoms with van der Waals surface area (Å²) in [5.74, 6) is -4.78. The topological polar surface area (TPSA) is 332 Å². The molecule has 2 aliphatic rings. The summed E-state index contributed by atoms with van der Waals surface area (Å²) in [7, 11) is 4.10. The number of carbonyl (C=O) groups excluding carboxylic acids is 2. The fourth-order valence-corrected chi connectivity index (χ4v) is 8.12. The number of imidazole rings is 2. The van der Waals surface area contributed by atoms with Crippen LogP contribution in [-0.2, 0) is 50.9 Å². The number of aryl methyl sites for hydroxylation is 2. The van der Waals surface area contributed by atoms with Crippen LogP contribution in [0.2, 0.25) is 5.28 Å². The molecule has 34 heteroatoms. The minimum Gasteiger partial charge on any atom is -0.423 e. The van der Waals surface area contributed by atoms with E-state index >= 15 is 0 Å². The van der Waals surface area contributed by atoms with Crippen molar-refractivity contribution < 1.29 is 37.2 Å². The Morgan fingerprint density at radius 3 is 1.44 bits per heavy atom. The summed E-state index contributed by atoms with van der Waals surface area (Å²) >= 11 is 5.65. The molecule has 0 aromatic carbocycles. The van der Waals surface area contributed by atoms with E-state index in [2.05, 4.69) is 60.5 Å². The normalized spacial score (nSPS) is 14.8. The average molecular weight is 1110 g/mol. The minimum absolute atomic E-state index is 0.00440. The van der Waals surface area contributed by atoms with Gasteiger partial charge in [-0.15, -0.1) is 0 Å². The average Bonchev–Trinajstić information content (AvgIpc) is 4.10. The van der Waals surface area contributed by atoms with E-state index < -0.39 is 53.3 Å². The molecule has 2 aliphatic heterocycles. The van der Waals surface area contributed by atoms with Gasteiger partial charge in [0, 0.05) is 123 Å². The number of rotatable bonds is 10. The first-order valence-corrected chi connectivity index (χ1v) is 23.8. The summed E-state index contributed by atoms with van der Waals surface area (Å²) < 4.78 is 59.8. The van der Waals surface area contributed by atoms with Crippen LogP contribution in [0.5, 0.6) is 0 Å². The van der Waals surface area contributed by atoms with Gasteiger partial charge in [0.25, 0.3) is 23.0 Å². The maximum atomic E-state index is 13.4. The van der Waals surface area contributed by atoms with Crippen LogP contribution in [0.4, 0.5) is 41.1 Å². The number of amides is 2. The second-order valence-electron chi connectivity index (χ2n) is 17.7. The number of carbonyl (C=O) groups is 2. The number of alkyl halides is 4. The summed E-state index contributed by atoms with van der Waals surface area (Å²) in [6, 6.07) is 2.98. The van der Waals surface area contributed by atoms with Gasteiger partial charge in [0.2, 0.25) is 29.0 Å². The Bertz CT molecular complexity index is 3760. The van der Waals surface area contributed by atoms with Crippen molar-refractivity contribution in [3.63, 3.8) is 0 Å². The molecular formula is C44H46BClF4N20O8. The van der Waals surface area contributed by atoms with E-state index in [0.717, 1.165) is 9.13 Å². The van der Waals surface area contributed by atoms with E-state index in [4.69, 9.17) is 21.6 Å². The van der Waals surface area contributed by atoms with Gasteiger partial charge in [-0.1, -0.05) is 0 Å². The number of nitrogens with zero attached hydrogens (tertiary/aromatic N) is 18. The van der Waals surface area contributed by atoms with Crippen LogP contribution in [0.15, 0.2) is 81.1 Å². The number of hydrogen-bond donors (Lipinski definition) is 4. The van der Waals surface area contributed by atoms with Crippen molar-refractivity contribution in [2.24, 2.45) is 28.2 Å². The van der Waals surface area contributed by atoms with Crippen molar-refractivity contribution >= 4 is 81.9 Å². The smallest absolute Gasteiger partial charge is 0.423 e. The van der Waals surface area contributed by atoms with Gasteiger partial charge in [0.1, 0.15) is 24.7 Å². The molecule has 0 unspecified atom stereocenters. The highest BCUT2D eigenvalue weighted by atomic mass is 35.5. The highest BCUT2D eigenvalue weighted by molar-refractivity contribution is 6.58. The molecular weight excluding hydrogens is 1060 g/mol. The van der Waals surface area contributed by atoms with Gasteiger partial charge in [-0.05, 0) is 23.7 Å². The van der Waals surface area contributed by atoms with Gasteiger partial charge < -0.3 is 39.6 Å². The summed E-state index contributed by atoms with van der Waals surface area (Å²) in [6.07, 6.45) is 10.1. The molecule has 28 nitrogen and oxygen atoms in total. The first kappa shape index (κ1) is 55.4. The van der Waals surface area contributed by atoms with Crippen molar-refractivity contribution in [2.75, 3.05) is 46.6 Å². The van der Waals surface area contributed by atoms with Gasteiger partial charge in [0.05, 0.1) is 18.2 Å². The van der Waals surface area contributed by atoms with Gasteiger partial charge >= 0.3 is 18.5 Å². The van der Waals surface area contributed by atoms with E-state index in [1.165, 1.54) is 108 Å². The minimum atomic E-state index is -2.66. The predicted octanol–water partition coefficient (Wildman–Crippen LogP) is -0.537. The van der Waals surface area contributed by atoms with Crippen LogP contribution in [0.1, 0.15) is 25.7 Å². The van der Waals surface area contributed by atoms with E-state index in [1.807, 2.05) is 0 Å². The molecule has 0 spiro atoms. The molecule has 2 fully saturated rings. The molecule has 0 saturated carbocycles. The number of fused-ring (bicyclic) bond motifs is 2. The number of nitrogens with one attached hydrogen (secondary N) is 2. The maximum absolute atomic E-state index is 13.4. The predicted molar refractivity (Wildman–Crippen MR) is 272 cm³/mol. The first-order valence-electron chi connectivity index (χ1n) is 23.4. The molecule has 4 N–H and O–H groups in total. The highest BCUT2D eigenvalue weighted by Crippen LogP contribution is 2.30.